The van der Waals surface area contributed by atoms with Crippen LogP contribution in [0, 0.1) is 6.92 Å². The number of hydrogen-bond donors (Lipinski definition) is 1. The summed E-state index contributed by atoms with van der Waals surface area (Å²) in [6.45, 7) is 4.14. The van der Waals surface area contributed by atoms with Crippen molar-refractivity contribution in [2.24, 2.45) is 0 Å². The number of imide groups is 1. The molecule has 3 aromatic rings. The largest absolute Gasteiger partial charge is 0.350 e. The van der Waals surface area contributed by atoms with Gasteiger partial charge in [0.15, 0.2) is 0 Å². The lowest BCUT2D eigenvalue weighted by molar-refractivity contribution is -0.120. The summed E-state index contributed by atoms with van der Waals surface area (Å²) in [6, 6.07) is 22.6. The van der Waals surface area contributed by atoms with E-state index in [0.717, 1.165) is 35.4 Å². The third-order valence-electron chi connectivity index (χ3n) is 5.38. The van der Waals surface area contributed by atoms with Crippen LogP contribution >= 0.6 is 23.4 Å². The molecule has 0 unspecified atom stereocenters. The van der Waals surface area contributed by atoms with Crippen LogP contribution in [0.2, 0.25) is 5.02 Å². The summed E-state index contributed by atoms with van der Waals surface area (Å²) < 4.78 is 0. The van der Waals surface area contributed by atoms with Crippen LogP contribution in [-0.2, 0) is 16.0 Å². The number of amides is 2. The van der Waals surface area contributed by atoms with E-state index in [4.69, 9.17) is 11.6 Å². The Morgan fingerprint density at radius 2 is 1.67 bits per heavy atom. The van der Waals surface area contributed by atoms with Crippen molar-refractivity contribution in [3.05, 3.63) is 99.5 Å². The standard InChI is InChI=1S/C27H25ClN2O2S/c1-3-4-7-19-9-13-22(14-10-19)30-26(31)24(29-21-8-5-6-18(2)17-21)25(27(30)32)33-23-15-11-20(28)12-16-23/h5-6,8-17,29H,3-4,7H2,1-2H3. The van der Waals surface area contributed by atoms with Crippen molar-refractivity contribution in [2.75, 3.05) is 10.2 Å². The molecular formula is C27H25ClN2O2S. The highest BCUT2D eigenvalue weighted by atomic mass is 35.5. The molecule has 1 aliphatic rings. The first-order valence-corrected chi connectivity index (χ1v) is 12.1. The maximum Gasteiger partial charge on any atom is 0.283 e. The molecule has 4 rings (SSSR count). The number of anilines is 2. The number of unbranched alkanes of at least 4 members (excludes halogenated alkanes) is 1. The van der Waals surface area contributed by atoms with Crippen LogP contribution in [0.1, 0.15) is 30.9 Å². The Bertz CT molecular complexity index is 1200. The zero-order chi connectivity index (χ0) is 23.4. The molecule has 0 radical (unpaired) electrons. The molecule has 33 heavy (non-hydrogen) atoms. The van der Waals surface area contributed by atoms with Crippen molar-refractivity contribution in [3.63, 3.8) is 0 Å². The monoisotopic (exact) mass is 476 g/mol. The van der Waals surface area contributed by atoms with Crippen LogP contribution in [0.25, 0.3) is 0 Å². The normalized spacial score (nSPS) is 13.7. The second-order valence-corrected chi connectivity index (χ2v) is 9.49. The molecule has 0 spiro atoms. The second-order valence-electron chi connectivity index (χ2n) is 7.97. The van der Waals surface area contributed by atoms with Crippen LogP contribution in [0.15, 0.2) is 88.3 Å². The maximum absolute atomic E-state index is 13.5. The third kappa shape index (κ3) is 5.32. The highest BCUT2D eigenvalue weighted by Gasteiger charge is 2.40. The van der Waals surface area contributed by atoms with Crippen molar-refractivity contribution in [1.29, 1.82) is 0 Å². The van der Waals surface area contributed by atoms with Gasteiger partial charge in [-0.2, -0.15) is 0 Å². The van der Waals surface area contributed by atoms with Gasteiger partial charge in [-0.15, -0.1) is 0 Å². The van der Waals surface area contributed by atoms with Gasteiger partial charge in [-0.25, -0.2) is 4.90 Å². The summed E-state index contributed by atoms with van der Waals surface area (Å²) in [4.78, 5) is 29.4. The van der Waals surface area contributed by atoms with Crippen LogP contribution < -0.4 is 10.2 Å². The number of nitrogens with zero attached hydrogens (tertiary/aromatic N) is 1. The third-order valence-corrected chi connectivity index (χ3v) is 6.72. The predicted octanol–water partition coefficient (Wildman–Crippen LogP) is 6.98. The van der Waals surface area contributed by atoms with Crippen LogP contribution in [-0.4, -0.2) is 11.8 Å². The number of benzene rings is 3. The van der Waals surface area contributed by atoms with Crippen molar-refractivity contribution in [2.45, 2.75) is 38.0 Å². The molecule has 168 valence electrons. The minimum absolute atomic E-state index is 0.278. The number of nitrogens with one attached hydrogen (secondary N) is 1. The van der Waals surface area contributed by atoms with E-state index >= 15 is 0 Å². The molecule has 4 nitrogen and oxygen atoms in total. The SMILES string of the molecule is CCCCc1ccc(N2C(=O)C(Nc3cccc(C)c3)=C(Sc3ccc(Cl)cc3)C2=O)cc1. The molecular weight excluding hydrogens is 452 g/mol. The Balaban J connectivity index is 1.67. The fraction of sp³-hybridized carbons (Fsp3) is 0.185. The van der Waals surface area contributed by atoms with Crippen LogP contribution in [0.4, 0.5) is 11.4 Å². The molecule has 1 aliphatic heterocycles. The molecule has 0 bridgehead atoms. The van der Waals surface area contributed by atoms with E-state index in [0.29, 0.717) is 15.6 Å². The lowest BCUT2D eigenvalue weighted by Crippen LogP contribution is -2.32. The van der Waals surface area contributed by atoms with Gasteiger partial charge in [-0.1, -0.05) is 61.0 Å². The Kier molecular flexibility index (Phi) is 7.21. The molecule has 0 fully saturated rings. The lowest BCUT2D eigenvalue weighted by Gasteiger charge is -2.16. The summed E-state index contributed by atoms with van der Waals surface area (Å²) in [5.41, 5.74) is 3.86. The van der Waals surface area contributed by atoms with Crippen LogP contribution in [0.5, 0.6) is 0 Å². The van der Waals surface area contributed by atoms with E-state index in [1.54, 1.807) is 12.1 Å². The van der Waals surface area contributed by atoms with Crippen molar-refractivity contribution in [3.8, 4) is 0 Å². The van der Waals surface area contributed by atoms with E-state index in [-0.39, 0.29) is 17.5 Å². The van der Waals surface area contributed by atoms with E-state index in [1.807, 2.05) is 67.6 Å². The molecule has 0 atom stereocenters. The van der Waals surface area contributed by atoms with Crippen LogP contribution in [0.3, 0.4) is 0 Å². The zero-order valence-corrected chi connectivity index (χ0v) is 20.2. The number of carbonyl (C=O) groups is 2. The van der Waals surface area contributed by atoms with Gasteiger partial charge in [0.05, 0.1) is 5.69 Å². The summed E-state index contributed by atoms with van der Waals surface area (Å²) >= 11 is 7.28. The molecule has 6 heteroatoms. The number of thioether (sulfide) groups is 1. The fourth-order valence-corrected chi connectivity index (χ4v) is 4.68. The predicted molar refractivity (Wildman–Crippen MR) is 137 cm³/mol. The average Bonchev–Trinajstić information content (AvgIpc) is 3.03. The molecule has 0 saturated carbocycles. The molecule has 0 aromatic heterocycles. The van der Waals surface area contributed by atoms with Gasteiger partial charge in [0, 0.05) is 15.6 Å². The molecule has 1 N–H and O–H groups in total. The number of aryl methyl sites for hydroxylation is 2. The Morgan fingerprint density at radius 1 is 0.939 bits per heavy atom. The van der Waals surface area contributed by atoms with E-state index in [1.165, 1.54) is 22.2 Å². The highest BCUT2D eigenvalue weighted by molar-refractivity contribution is 8.04. The number of carbonyl (C=O) groups excluding carboxylic acids is 2. The number of hydrogen-bond acceptors (Lipinski definition) is 4. The topological polar surface area (TPSA) is 49.4 Å². The zero-order valence-electron chi connectivity index (χ0n) is 18.6. The average molecular weight is 477 g/mol. The summed E-state index contributed by atoms with van der Waals surface area (Å²) in [5, 5.41) is 3.82. The smallest absolute Gasteiger partial charge is 0.283 e. The van der Waals surface area contributed by atoms with E-state index in [2.05, 4.69) is 12.2 Å². The van der Waals surface area contributed by atoms with Crippen molar-refractivity contribution in [1.82, 2.24) is 0 Å². The van der Waals surface area contributed by atoms with Gasteiger partial charge in [-0.05, 0) is 79.4 Å². The minimum Gasteiger partial charge on any atom is -0.350 e. The highest BCUT2D eigenvalue weighted by Crippen LogP contribution is 2.38. The van der Waals surface area contributed by atoms with Gasteiger partial charge in [0.25, 0.3) is 11.8 Å². The van der Waals surface area contributed by atoms with Gasteiger partial charge in [0.1, 0.15) is 10.6 Å². The lowest BCUT2D eigenvalue weighted by atomic mass is 10.1. The molecule has 1 heterocycles. The van der Waals surface area contributed by atoms with E-state index < -0.39 is 0 Å². The minimum atomic E-state index is -0.362. The van der Waals surface area contributed by atoms with E-state index in [9.17, 15) is 9.59 Å². The van der Waals surface area contributed by atoms with Gasteiger partial charge < -0.3 is 5.32 Å². The quantitative estimate of drug-likeness (QED) is 0.356. The summed E-state index contributed by atoms with van der Waals surface area (Å²) in [7, 11) is 0. The van der Waals surface area contributed by atoms with Gasteiger partial charge in [0.2, 0.25) is 0 Å². The fourth-order valence-electron chi connectivity index (χ4n) is 3.63. The molecule has 2 amide bonds. The Labute approximate surface area is 203 Å². The number of halogens is 1. The molecule has 3 aromatic carbocycles. The Hall–Kier alpha value is -3.02. The van der Waals surface area contributed by atoms with Gasteiger partial charge >= 0.3 is 0 Å². The first-order chi connectivity index (χ1) is 16.0. The van der Waals surface area contributed by atoms with Gasteiger partial charge in [-0.3, -0.25) is 9.59 Å². The molecule has 0 saturated heterocycles. The number of rotatable bonds is 8. The summed E-state index contributed by atoms with van der Waals surface area (Å²) in [6.07, 6.45) is 3.21. The van der Waals surface area contributed by atoms with Crippen molar-refractivity contribution < 1.29 is 9.59 Å². The Morgan fingerprint density at radius 3 is 2.33 bits per heavy atom. The second kappa shape index (κ2) is 10.3. The molecule has 0 aliphatic carbocycles. The first kappa shape index (κ1) is 23.1. The maximum atomic E-state index is 13.5. The first-order valence-electron chi connectivity index (χ1n) is 11.0. The van der Waals surface area contributed by atoms with Crippen molar-refractivity contribution >= 4 is 46.6 Å². The summed E-state index contributed by atoms with van der Waals surface area (Å²) in [5.74, 6) is -0.698.